The molecule has 4 rings (SSSR count). The molecule has 13 heteroatoms. The minimum atomic E-state index is -4.97. The number of aromatic amines is 1. The fourth-order valence-electron chi connectivity index (χ4n) is 3.06. The molecule has 0 fully saturated rings. The summed E-state index contributed by atoms with van der Waals surface area (Å²) in [6.07, 6.45) is -10.7. The largest absolute Gasteiger partial charge is 0.481 e. The van der Waals surface area contributed by atoms with E-state index in [1.54, 1.807) is 12.1 Å². The molecule has 0 radical (unpaired) electrons. The Morgan fingerprint density at radius 1 is 1.03 bits per heavy atom. The highest BCUT2D eigenvalue weighted by molar-refractivity contribution is 5.85. The molecule has 0 saturated carbocycles. The number of hydrogen-bond acceptors (Lipinski definition) is 5. The fraction of sp³-hybridized carbons (Fsp3) is 0.250. The predicted octanol–water partition coefficient (Wildman–Crippen LogP) is 6.36. The Labute approximate surface area is 188 Å². The van der Waals surface area contributed by atoms with Gasteiger partial charge in [0.15, 0.2) is 6.10 Å². The van der Waals surface area contributed by atoms with Gasteiger partial charge in [-0.15, -0.1) is 12.4 Å². The second-order valence-corrected chi connectivity index (χ2v) is 7.03. The summed E-state index contributed by atoms with van der Waals surface area (Å²) in [5, 5.41) is 3.81. The van der Waals surface area contributed by atoms with Crippen LogP contribution in [0.2, 0.25) is 0 Å². The first-order chi connectivity index (χ1) is 14.9. The molecule has 1 unspecified atom stereocenters. The number of halogens is 7. The number of ether oxygens (including phenoxy) is 1. The first-order valence-corrected chi connectivity index (χ1v) is 9.16. The highest BCUT2D eigenvalue weighted by Crippen LogP contribution is 2.40. The van der Waals surface area contributed by atoms with Crippen LogP contribution < -0.4 is 4.74 Å². The topological polar surface area (TPSA) is 76.8 Å². The standard InChI is InChI=1S/C20H14F6N4O2.ClH/c1-9-5-12(7-14-16(9)28-8-27-14)17-29-18(32-30-17)11-3-4-15(13(6-11)20(24,25)26)31-10(2)19(21,22)23;/h3-8,10H,1-2H3,(H,27,28);1H. The van der Waals surface area contributed by atoms with Crippen molar-refractivity contribution in [2.75, 3.05) is 0 Å². The number of alkyl halides is 6. The molecule has 176 valence electrons. The minimum Gasteiger partial charge on any atom is -0.481 e. The van der Waals surface area contributed by atoms with Gasteiger partial charge in [-0.05, 0) is 49.7 Å². The van der Waals surface area contributed by atoms with Crippen molar-refractivity contribution in [2.45, 2.75) is 32.3 Å². The molecule has 1 atom stereocenters. The number of nitrogens with zero attached hydrogens (tertiary/aromatic N) is 3. The van der Waals surface area contributed by atoms with E-state index >= 15 is 0 Å². The molecular formula is C20H15ClF6N4O2. The zero-order valence-electron chi connectivity index (χ0n) is 16.9. The Hall–Kier alpha value is -3.28. The first kappa shape index (κ1) is 24.4. The Kier molecular flexibility index (Phi) is 6.33. The summed E-state index contributed by atoms with van der Waals surface area (Å²) in [5.41, 5.74) is 1.32. The van der Waals surface area contributed by atoms with Gasteiger partial charge in [0.05, 0.1) is 22.9 Å². The Morgan fingerprint density at radius 2 is 1.76 bits per heavy atom. The second kappa shape index (κ2) is 8.58. The molecular weight excluding hydrogens is 478 g/mol. The molecule has 0 aliphatic rings. The third-order valence-corrected chi connectivity index (χ3v) is 4.70. The molecule has 6 nitrogen and oxygen atoms in total. The van der Waals surface area contributed by atoms with Gasteiger partial charge < -0.3 is 14.2 Å². The van der Waals surface area contributed by atoms with Crippen LogP contribution in [0.15, 0.2) is 41.2 Å². The number of aryl methyl sites for hydroxylation is 1. The van der Waals surface area contributed by atoms with Gasteiger partial charge in [-0.2, -0.15) is 31.3 Å². The summed E-state index contributed by atoms with van der Waals surface area (Å²) in [6.45, 7) is 2.45. The SMILES string of the molecule is Cc1cc(-c2noc(-c3ccc(OC(C)C(F)(F)F)c(C(F)(F)F)c3)n2)cc2[nH]cnc12.Cl. The minimum absolute atomic E-state index is 0. The molecule has 0 bridgehead atoms. The van der Waals surface area contributed by atoms with Crippen LogP contribution >= 0.6 is 12.4 Å². The molecule has 4 aromatic rings. The Balaban J connectivity index is 0.00000306. The summed E-state index contributed by atoms with van der Waals surface area (Å²) in [5.74, 6) is -1.06. The highest BCUT2D eigenvalue weighted by Gasteiger charge is 2.41. The summed E-state index contributed by atoms with van der Waals surface area (Å²) in [7, 11) is 0. The molecule has 2 heterocycles. The van der Waals surface area contributed by atoms with Gasteiger partial charge in [0.1, 0.15) is 5.75 Å². The first-order valence-electron chi connectivity index (χ1n) is 9.16. The van der Waals surface area contributed by atoms with Gasteiger partial charge in [0, 0.05) is 11.1 Å². The number of benzene rings is 2. The monoisotopic (exact) mass is 492 g/mol. The van der Waals surface area contributed by atoms with E-state index in [9.17, 15) is 26.3 Å². The van der Waals surface area contributed by atoms with Gasteiger partial charge >= 0.3 is 12.4 Å². The maximum absolute atomic E-state index is 13.5. The lowest BCUT2D eigenvalue weighted by molar-refractivity contribution is -0.191. The van der Waals surface area contributed by atoms with Crippen LogP contribution in [0.25, 0.3) is 33.9 Å². The van der Waals surface area contributed by atoms with Gasteiger partial charge in [-0.25, -0.2) is 4.98 Å². The van der Waals surface area contributed by atoms with Crippen LogP contribution in [-0.4, -0.2) is 32.4 Å². The number of H-pyrrole nitrogens is 1. The van der Waals surface area contributed by atoms with Gasteiger partial charge in [-0.3, -0.25) is 0 Å². The molecule has 1 N–H and O–H groups in total. The van der Waals surface area contributed by atoms with Crippen LogP contribution in [0.5, 0.6) is 5.75 Å². The summed E-state index contributed by atoms with van der Waals surface area (Å²) < 4.78 is 88.3. The van der Waals surface area contributed by atoms with Crippen LogP contribution in [0, 0.1) is 6.92 Å². The number of hydrogen-bond donors (Lipinski definition) is 1. The quantitative estimate of drug-likeness (QED) is 0.335. The number of rotatable bonds is 4. The Morgan fingerprint density at radius 3 is 2.42 bits per heavy atom. The number of fused-ring (bicyclic) bond motifs is 1. The van der Waals surface area contributed by atoms with Crippen LogP contribution in [0.1, 0.15) is 18.1 Å². The van der Waals surface area contributed by atoms with E-state index in [0.29, 0.717) is 24.1 Å². The maximum atomic E-state index is 13.5. The van der Waals surface area contributed by atoms with Crippen LogP contribution in [0.4, 0.5) is 26.3 Å². The number of imidazole rings is 1. The molecule has 2 aromatic carbocycles. The van der Waals surface area contributed by atoms with Crippen molar-refractivity contribution in [3.05, 3.63) is 47.8 Å². The average molecular weight is 493 g/mol. The molecule has 0 amide bonds. The van der Waals surface area contributed by atoms with Crippen molar-refractivity contribution >= 4 is 23.4 Å². The third-order valence-electron chi connectivity index (χ3n) is 4.70. The second-order valence-electron chi connectivity index (χ2n) is 7.03. The van der Waals surface area contributed by atoms with Gasteiger partial charge in [0.25, 0.3) is 5.89 Å². The van der Waals surface area contributed by atoms with Gasteiger partial charge in [-0.1, -0.05) is 5.16 Å². The van der Waals surface area contributed by atoms with Crippen molar-refractivity contribution < 1.29 is 35.6 Å². The number of aromatic nitrogens is 4. The third kappa shape index (κ3) is 4.90. The van der Waals surface area contributed by atoms with Crippen LogP contribution in [0.3, 0.4) is 0 Å². The van der Waals surface area contributed by atoms with Gasteiger partial charge in [0.2, 0.25) is 5.82 Å². The van der Waals surface area contributed by atoms with E-state index in [2.05, 4.69) is 24.8 Å². The van der Waals surface area contributed by atoms with Crippen molar-refractivity contribution in [2.24, 2.45) is 0 Å². The molecule has 0 spiro atoms. The van der Waals surface area contributed by atoms with Crippen molar-refractivity contribution in [1.82, 2.24) is 20.1 Å². The average Bonchev–Trinajstić information content (AvgIpc) is 3.36. The molecule has 33 heavy (non-hydrogen) atoms. The summed E-state index contributed by atoms with van der Waals surface area (Å²) in [6, 6.07) is 5.98. The van der Waals surface area contributed by atoms with E-state index in [4.69, 9.17) is 4.52 Å². The predicted molar refractivity (Wildman–Crippen MR) is 108 cm³/mol. The molecule has 0 aliphatic heterocycles. The van der Waals surface area contributed by atoms with E-state index in [1.165, 1.54) is 6.33 Å². The lowest BCUT2D eigenvalue weighted by atomic mass is 10.1. The van der Waals surface area contributed by atoms with E-state index in [1.807, 2.05) is 6.92 Å². The van der Waals surface area contributed by atoms with E-state index in [0.717, 1.165) is 23.2 Å². The smallest absolute Gasteiger partial charge is 0.425 e. The zero-order valence-corrected chi connectivity index (χ0v) is 17.7. The Bertz CT molecular complexity index is 1280. The maximum Gasteiger partial charge on any atom is 0.425 e. The van der Waals surface area contributed by atoms with E-state index in [-0.39, 0.29) is 29.7 Å². The van der Waals surface area contributed by atoms with Crippen molar-refractivity contribution in [3.8, 4) is 28.6 Å². The molecule has 2 aromatic heterocycles. The van der Waals surface area contributed by atoms with Crippen LogP contribution in [-0.2, 0) is 6.18 Å². The van der Waals surface area contributed by atoms with E-state index < -0.39 is 29.8 Å². The lowest BCUT2D eigenvalue weighted by Crippen LogP contribution is -2.31. The fourth-order valence-corrected chi connectivity index (χ4v) is 3.06. The molecule has 0 saturated heterocycles. The summed E-state index contributed by atoms with van der Waals surface area (Å²) >= 11 is 0. The highest BCUT2D eigenvalue weighted by atomic mass is 35.5. The van der Waals surface area contributed by atoms with Crippen molar-refractivity contribution in [1.29, 1.82) is 0 Å². The zero-order chi connectivity index (χ0) is 23.3. The number of nitrogens with one attached hydrogen (secondary N) is 1. The molecule has 0 aliphatic carbocycles. The summed E-state index contributed by atoms with van der Waals surface area (Å²) in [4.78, 5) is 11.3. The normalized spacial score (nSPS) is 13.1. The lowest BCUT2D eigenvalue weighted by Gasteiger charge is -2.20. The van der Waals surface area contributed by atoms with Crippen molar-refractivity contribution in [3.63, 3.8) is 0 Å².